The van der Waals surface area contributed by atoms with E-state index in [0.29, 0.717) is 50.6 Å². The Hall–Kier alpha value is -2.10. The fraction of sp³-hybridized carbons (Fsp3) is 0.457. The van der Waals surface area contributed by atoms with Crippen LogP contribution in [0.15, 0.2) is 63.7 Å². The van der Waals surface area contributed by atoms with Crippen LogP contribution in [-0.4, -0.2) is 65.2 Å². The SMILES string of the molecule is N[C@H](Cc1ccccc1)C(=O)N1CCC(C(=O)CN2CCC([C@H]3c4ncc(Br)cc4CCc4cc(Cl)cc(Br)c43)CC2)CC1. The van der Waals surface area contributed by atoms with Gasteiger partial charge in [-0.25, -0.2) is 0 Å². The Morgan fingerprint density at radius 3 is 2.39 bits per heavy atom. The summed E-state index contributed by atoms with van der Waals surface area (Å²) in [6, 6.07) is 15.7. The van der Waals surface area contributed by atoms with Gasteiger partial charge in [0.1, 0.15) is 5.78 Å². The number of aryl methyl sites for hydroxylation is 2. The molecule has 0 radical (unpaired) electrons. The Kier molecular flexibility index (Phi) is 10.2. The van der Waals surface area contributed by atoms with Gasteiger partial charge in [0, 0.05) is 45.1 Å². The van der Waals surface area contributed by atoms with Crippen LogP contribution in [0.2, 0.25) is 5.02 Å². The van der Waals surface area contributed by atoms with Gasteiger partial charge in [-0.05, 0) is 120 Å². The minimum Gasteiger partial charge on any atom is -0.341 e. The van der Waals surface area contributed by atoms with E-state index in [9.17, 15) is 9.59 Å². The summed E-state index contributed by atoms with van der Waals surface area (Å²) in [5.74, 6) is 0.913. The molecule has 3 aromatic rings. The highest BCUT2D eigenvalue weighted by Crippen LogP contribution is 2.46. The molecule has 0 bridgehead atoms. The molecule has 1 aromatic heterocycles. The van der Waals surface area contributed by atoms with Gasteiger partial charge in [0.25, 0.3) is 0 Å². The first kappa shape index (κ1) is 31.9. The van der Waals surface area contributed by atoms with Crippen LogP contribution in [0.1, 0.15) is 59.5 Å². The van der Waals surface area contributed by atoms with E-state index in [1.165, 1.54) is 22.4 Å². The number of halogens is 3. The van der Waals surface area contributed by atoms with E-state index in [1.54, 1.807) is 0 Å². The maximum absolute atomic E-state index is 13.4. The first-order valence-corrected chi connectivity index (χ1v) is 17.7. The molecule has 232 valence electrons. The molecule has 9 heteroatoms. The fourth-order valence-electron chi connectivity index (χ4n) is 7.44. The molecule has 2 saturated heterocycles. The predicted molar refractivity (Wildman–Crippen MR) is 182 cm³/mol. The van der Waals surface area contributed by atoms with E-state index < -0.39 is 6.04 Å². The maximum atomic E-state index is 13.4. The molecule has 3 heterocycles. The third-order valence-corrected chi connectivity index (χ3v) is 11.1. The number of fused-ring (bicyclic) bond motifs is 2. The van der Waals surface area contributed by atoms with Crippen LogP contribution in [0.5, 0.6) is 0 Å². The minimum atomic E-state index is -0.548. The molecule has 0 unspecified atom stereocenters. The molecule has 44 heavy (non-hydrogen) atoms. The summed E-state index contributed by atoms with van der Waals surface area (Å²) in [6.07, 6.45) is 7.78. The molecule has 1 amide bonds. The number of carbonyl (C=O) groups is 2. The zero-order valence-corrected chi connectivity index (χ0v) is 28.8. The molecule has 3 aliphatic rings. The van der Waals surface area contributed by atoms with Gasteiger partial charge in [-0.15, -0.1) is 0 Å². The van der Waals surface area contributed by atoms with Crippen molar-refractivity contribution >= 4 is 55.2 Å². The zero-order valence-electron chi connectivity index (χ0n) is 24.9. The van der Waals surface area contributed by atoms with Gasteiger partial charge in [-0.3, -0.25) is 19.5 Å². The number of carbonyl (C=O) groups excluding carboxylic acids is 2. The van der Waals surface area contributed by atoms with Gasteiger partial charge in [0.15, 0.2) is 0 Å². The zero-order chi connectivity index (χ0) is 30.8. The van der Waals surface area contributed by atoms with Crippen LogP contribution >= 0.6 is 43.5 Å². The van der Waals surface area contributed by atoms with Crippen molar-refractivity contribution in [2.24, 2.45) is 17.6 Å². The highest BCUT2D eigenvalue weighted by Gasteiger charge is 2.37. The molecule has 0 spiro atoms. The van der Waals surface area contributed by atoms with Crippen LogP contribution in [0.4, 0.5) is 0 Å². The quantitative estimate of drug-likeness (QED) is 0.296. The summed E-state index contributed by atoms with van der Waals surface area (Å²) in [7, 11) is 0. The second-order valence-electron chi connectivity index (χ2n) is 12.6. The van der Waals surface area contributed by atoms with Crippen LogP contribution < -0.4 is 5.73 Å². The lowest BCUT2D eigenvalue weighted by atomic mass is 9.76. The summed E-state index contributed by atoms with van der Waals surface area (Å²) in [5, 5.41) is 0.757. The summed E-state index contributed by atoms with van der Waals surface area (Å²) >= 11 is 14.0. The van der Waals surface area contributed by atoms with Crippen molar-refractivity contribution in [1.29, 1.82) is 0 Å². The fourth-order valence-corrected chi connectivity index (χ4v) is 8.94. The average molecular weight is 743 g/mol. The number of ketones is 1. The Morgan fingerprint density at radius 1 is 0.955 bits per heavy atom. The Labute approximate surface area is 282 Å². The number of hydrogen-bond donors (Lipinski definition) is 1. The molecule has 2 aliphatic heterocycles. The number of likely N-dealkylation sites (tertiary alicyclic amines) is 2. The van der Waals surface area contributed by atoms with Crippen LogP contribution in [0, 0.1) is 11.8 Å². The van der Waals surface area contributed by atoms with Crippen LogP contribution in [0.25, 0.3) is 0 Å². The number of rotatable bonds is 7. The van der Waals surface area contributed by atoms with Crippen molar-refractivity contribution in [3.05, 3.63) is 96.6 Å². The molecule has 0 saturated carbocycles. The normalized spacial score (nSPS) is 20.5. The first-order valence-electron chi connectivity index (χ1n) is 15.7. The van der Waals surface area contributed by atoms with Gasteiger partial charge in [0.05, 0.1) is 18.3 Å². The molecular formula is C35H39Br2ClN4O2. The van der Waals surface area contributed by atoms with Gasteiger partial charge < -0.3 is 10.6 Å². The van der Waals surface area contributed by atoms with E-state index in [0.717, 1.165) is 58.3 Å². The number of aromatic nitrogens is 1. The van der Waals surface area contributed by atoms with Gasteiger partial charge in [0.2, 0.25) is 5.91 Å². The highest BCUT2D eigenvalue weighted by molar-refractivity contribution is 9.10. The first-order chi connectivity index (χ1) is 21.3. The van der Waals surface area contributed by atoms with Gasteiger partial charge in [-0.2, -0.15) is 0 Å². The smallest absolute Gasteiger partial charge is 0.239 e. The van der Waals surface area contributed by atoms with Crippen molar-refractivity contribution in [3.8, 4) is 0 Å². The minimum absolute atomic E-state index is 0.00563. The third-order valence-electron chi connectivity index (χ3n) is 9.78. The molecule has 1 aliphatic carbocycles. The highest BCUT2D eigenvalue weighted by atomic mass is 79.9. The molecular weight excluding hydrogens is 704 g/mol. The predicted octanol–water partition coefficient (Wildman–Crippen LogP) is 6.58. The molecule has 6 rings (SSSR count). The monoisotopic (exact) mass is 740 g/mol. The lowest BCUT2D eigenvalue weighted by Gasteiger charge is -2.38. The van der Waals surface area contributed by atoms with Crippen molar-refractivity contribution in [2.45, 2.75) is 56.9 Å². The Morgan fingerprint density at radius 2 is 1.66 bits per heavy atom. The Balaban J connectivity index is 1.05. The van der Waals surface area contributed by atoms with Crippen LogP contribution in [-0.2, 0) is 28.9 Å². The van der Waals surface area contributed by atoms with E-state index in [-0.39, 0.29) is 17.7 Å². The number of hydrogen-bond acceptors (Lipinski definition) is 5. The van der Waals surface area contributed by atoms with Crippen molar-refractivity contribution in [3.63, 3.8) is 0 Å². The number of pyridine rings is 1. The van der Waals surface area contributed by atoms with Gasteiger partial charge in [-0.1, -0.05) is 57.9 Å². The molecule has 2 atom stereocenters. The number of Topliss-reactive ketones (excluding diaryl/α,β-unsaturated/α-hetero) is 1. The lowest BCUT2D eigenvalue weighted by molar-refractivity contribution is -0.136. The topological polar surface area (TPSA) is 79.5 Å². The summed E-state index contributed by atoms with van der Waals surface area (Å²) in [4.78, 5) is 35.5. The van der Waals surface area contributed by atoms with E-state index in [2.05, 4.69) is 48.9 Å². The van der Waals surface area contributed by atoms with Crippen molar-refractivity contribution in [2.75, 3.05) is 32.7 Å². The third kappa shape index (κ3) is 7.15. The molecule has 2 fully saturated rings. The number of nitrogens with two attached hydrogens (primary N) is 1. The van der Waals surface area contributed by atoms with Crippen molar-refractivity contribution in [1.82, 2.24) is 14.8 Å². The van der Waals surface area contributed by atoms with E-state index >= 15 is 0 Å². The summed E-state index contributed by atoms with van der Waals surface area (Å²) in [6.45, 7) is 3.47. The standard InChI is InChI=1S/C35H39Br2ClN4O2/c36-27-17-26-7-6-25-18-28(38)19-29(37)32(25)33(34(26)40-20-27)24-8-12-41(13-9-24)21-31(43)23-10-14-42(15-11-23)35(44)30(39)16-22-4-2-1-3-5-22/h1-5,17-20,23-24,30,33H,6-16,21,39H2/t30-,33-/m1/s1. The summed E-state index contributed by atoms with van der Waals surface area (Å²) in [5.41, 5.74) is 12.4. The molecule has 2 N–H and O–H groups in total. The number of amides is 1. The summed E-state index contributed by atoms with van der Waals surface area (Å²) < 4.78 is 2.07. The maximum Gasteiger partial charge on any atom is 0.239 e. The van der Waals surface area contributed by atoms with E-state index in [1.807, 2.05) is 47.5 Å². The molecule has 2 aromatic carbocycles. The molecule has 6 nitrogen and oxygen atoms in total. The average Bonchev–Trinajstić information content (AvgIpc) is 3.18. The Bertz CT molecular complexity index is 1500. The number of benzene rings is 2. The van der Waals surface area contributed by atoms with Crippen LogP contribution in [0.3, 0.4) is 0 Å². The van der Waals surface area contributed by atoms with E-state index in [4.69, 9.17) is 22.3 Å². The van der Waals surface area contributed by atoms with Crippen molar-refractivity contribution < 1.29 is 9.59 Å². The lowest BCUT2D eigenvalue weighted by Crippen LogP contribution is -2.49. The number of nitrogens with zero attached hydrogens (tertiary/aromatic N) is 3. The second-order valence-corrected chi connectivity index (χ2v) is 14.8. The largest absolute Gasteiger partial charge is 0.341 e. The second kappa shape index (κ2) is 14.1. The van der Waals surface area contributed by atoms with Gasteiger partial charge >= 0.3 is 0 Å². The number of piperidine rings is 2.